The number of aliphatic hydroxyl groups is 1. The Hall–Kier alpha value is -0.510. The Kier molecular flexibility index (Phi) is 1.83. The topological polar surface area (TPSA) is 54.4 Å². The van der Waals surface area contributed by atoms with Crippen LogP contribution in [0.2, 0.25) is 0 Å². The maximum absolute atomic E-state index is 9.98. The van der Waals surface area contributed by atoms with Crippen molar-refractivity contribution >= 4 is 9.84 Å². The standard InChI is InChI=1S/C3H6O3S/c1-7(5,6)3-2-4/h2-4H,1H3. The van der Waals surface area contributed by atoms with Crippen molar-refractivity contribution in [2.75, 3.05) is 6.26 Å². The Morgan fingerprint density at radius 3 is 2.00 bits per heavy atom. The number of rotatable bonds is 1. The summed E-state index contributed by atoms with van der Waals surface area (Å²) in [7, 11) is -3.10. The Balaban J connectivity index is 4.13. The van der Waals surface area contributed by atoms with Crippen molar-refractivity contribution in [2.45, 2.75) is 0 Å². The zero-order valence-corrected chi connectivity index (χ0v) is 4.64. The van der Waals surface area contributed by atoms with Crippen LogP contribution in [0.4, 0.5) is 0 Å². The van der Waals surface area contributed by atoms with E-state index in [0.717, 1.165) is 6.26 Å². The van der Waals surface area contributed by atoms with E-state index in [4.69, 9.17) is 5.11 Å². The van der Waals surface area contributed by atoms with Crippen LogP contribution in [0.1, 0.15) is 0 Å². The van der Waals surface area contributed by atoms with Crippen LogP contribution in [0.3, 0.4) is 0 Å². The molecule has 4 heteroatoms. The molecule has 42 valence electrons. The average Bonchev–Trinajstić information content (AvgIpc) is 1.30. The second kappa shape index (κ2) is 1.97. The lowest BCUT2D eigenvalue weighted by atomic mass is 11.2. The summed E-state index contributed by atoms with van der Waals surface area (Å²) in [5, 5.41) is 8.56. The van der Waals surface area contributed by atoms with E-state index in [9.17, 15) is 8.42 Å². The highest BCUT2D eigenvalue weighted by atomic mass is 32.2. The third kappa shape index (κ3) is 5.49. The van der Waals surface area contributed by atoms with E-state index in [1.54, 1.807) is 0 Å². The quantitative estimate of drug-likeness (QED) is 0.500. The van der Waals surface area contributed by atoms with Gasteiger partial charge in [0.15, 0.2) is 9.84 Å². The van der Waals surface area contributed by atoms with E-state index in [1.807, 2.05) is 0 Å². The number of aliphatic hydroxyl groups excluding tert-OH is 1. The summed E-state index contributed by atoms with van der Waals surface area (Å²) in [6.07, 6.45) is 1.50. The normalized spacial score (nSPS) is 12.7. The van der Waals surface area contributed by atoms with E-state index in [1.165, 1.54) is 0 Å². The molecule has 3 nitrogen and oxygen atoms in total. The van der Waals surface area contributed by atoms with Gasteiger partial charge in [-0.1, -0.05) is 0 Å². The Morgan fingerprint density at radius 1 is 1.57 bits per heavy atom. The SMILES string of the molecule is CS(=O)(=O)C=CO. The second-order valence-electron chi connectivity index (χ2n) is 1.11. The molecule has 1 N–H and O–H groups in total. The van der Waals surface area contributed by atoms with Gasteiger partial charge in [0, 0.05) is 6.26 Å². The van der Waals surface area contributed by atoms with Crippen LogP contribution in [-0.4, -0.2) is 19.8 Å². The molecule has 0 aromatic carbocycles. The van der Waals surface area contributed by atoms with E-state index < -0.39 is 9.84 Å². The van der Waals surface area contributed by atoms with Crippen LogP contribution in [0.5, 0.6) is 0 Å². The molecule has 0 atom stereocenters. The summed E-state index contributed by atoms with van der Waals surface area (Å²) in [4.78, 5) is 0. The molecule has 0 aromatic heterocycles. The summed E-state index contributed by atoms with van der Waals surface area (Å²) in [6.45, 7) is 0. The molecule has 0 aliphatic heterocycles. The van der Waals surface area contributed by atoms with Gasteiger partial charge in [-0.15, -0.1) is 0 Å². The van der Waals surface area contributed by atoms with E-state index >= 15 is 0 Å². The highest BCUT2D eigenvalue weighted by molar-refractivity contribution is 7.93. The van der Waals surface area contributed by atoms with E-state index in [0.29, 0.717) is 11.7 Å². The molecule has 0 amide bonds. The Morgan fingerprint density at radius 2 is 2.00 bits per heavy atom. The molecular weight excluding hydrogens is 116 g/mol. The molecular formula is C3H6O3S. The number of sulfone groups is 1. The largest absolute Gasteiger partial charge is 0.515 e. The molecule has 0 radical (unpaired) electrons. The van der Waals surface area contributed by atoms with Crippen molar-refractivity contribution in [2.24, 2.45) is 0 Å². The van der Waals surface area contributed by atoms with E-state index in [-0.39, 0.29) is 0 Å². The lowest BCUT2D eigenvalue weighted by molar-refractivity contribution is 0.474. The van der Waals surface area contributed by atoms with Gasteiger partial charge >= 0.3 is 0 Å². The minimum absolute atomic E-state index is 0.495. The lowest BCUT2D eigenvalue weighted by Gasteiger charge is -1.76. The fourth-order valence-corrected chi connectivity index (χ4v) is 0.332. The number of hydrogen-bond donors (Lipinski definition) is 1. The molecule has 0 heterocycles. The van der Waals surface area contributed by atoms with Crippen LogP contribution in [0, 0.1) is 0 Å². The third-order valence-electron chi connectivity index (χ3n) is 0.308. The van der Waals surface area contributed by atoms with Crippen LogP contribution in [-0.2, 0) is 9.84 Å². The van der Waals surface area contributed by atoms with Gasteiger partial charge in [-0.2, -0.15) is 0 Å². The van der Waals surface area contributed by atoms with E-state index in [2.05, 4.69) is 0 Å². The minimum atomic E-state index is -3.10. The molecule has 0 rings (SSSR count). The van der Waals surface area contributed by atoms with Gasteiger partial charge in [-0.25, -0.2) is 8.42 Å². The minimum Gasteiger partial charge on any atom is -0.515 e. The predicted molar refractivity (Wildman–Crippen MR) is 26.6 cm³/mol. The van der Waals surface area contributed by atoms with Gasteiger partial charge in [-0.3, -0.25) is 0 Å². The zero-order valence-electron chi connectivity index (χ0n) is 3.83. The summed E-state index contributed by atoms with van der Waals surface area (Å²) < 4.78 is 20.0. The fraction of sp³-hybridized carbons (Fsp3) is 0.333. The van der Waals surface area contributed by atoms with Crippen LogP contribution in [0.25, 0.3) is 0 Å². The first-order chi connectivity index (χ1) is 3.06. The molecule has 0 aromatic rings. The highest BCUT2D eigenvalue weighted by Gasteiger charge is 1.88. The smallest absolute Gasteiger partial charge is 0.171 e. The molecule has 0 aliphatic rings. The van der Waals surface area contributed by atoms with Gasteiger partial charge < -0.3 is 5.11 Å². The second-order valence-corrected chi connectivity index (χ2v) is 3.05. The zero-order chi connectivity index (χ0) is 5.91. The molecule has 0 unspecified atom stereocenters. The van der Waals surface area contributed by atoms with Gasteiger partial charge in [0.25, 0.3) is 0 Å². The van der Waals surface area contributed by atoms with Gasteiger partial charge in [-0.05, 0) is 0 Å². The molecule has 0 fully saturated rings. The van der Waals surface area contributed by atoms with Gasteiger partial charge in [0.2, 0.25) is 0 Å². The fourth-order valence-electron chi connectivity index (χ4n) is 0.111. The average molecular weight is 122 g/mol. The molecule has 0 saturated carbocycles. The maximum Gasteiger partial charge on any atom is 0.171 e. The molecule has 7 heavy (non-hydrogen) atoms. The first-order valence-electron chi connectivity index (χ1n) is 1.57. The van der Waals surface area contributed by atoms with Crippen molar-refractivity contribution in [3.05, 3.63) is 11.7 Å². The summed E-state index contributed by atoms with van der Waals surface area (Å²) in [5.74, 6) is 0. The first kappa shape index (κ1) is 6.49. The summed E-state index contributed by atoms with van der Waals surface area (Å²) >= 11 is 0. The van der Waals surface area contributed by atoms with Crippen molar-refractivity contribution in [3.8, 4) is 0 Å². The van der Waals surface area contributed by atoms with Crippen molar-refractivity contribution in [3.63, 3.8) is 0 Å². The predicted octanol–water partition coefficient (Wildman–Crippen LogP) is 0.0602. The van der Waals surface area contributed by atoms with Crippen molar-refractivity contribution in [1.82, 2.24) is 0 Å². The third-order valence-corrected chi connectivity index (χ3v) is 0.924. The molecule has 0 saturated heterocycles. The number of hydrogen-bond acceptors (Lipinski definition) is 3. The van der Waals surface area contributed by atoms with Gasteiger partial charge in [0.05, 0.1) is 11.7 Å². The molecule has 0 spiro atoms. The summed E-state index contributed by atoms with van der Waals surface area (Å²) in [5.41, 5.74) is 0. The van der Waals surface area contributed by atoms with Crippen LogP contribution in [0.15, 0.2) is 11.7 Å². The maximum atomic E-state index is 9.98. The van der Waals surface area contributed by atoms with Gasteiger partial charge in [0.1, 0.15) is 0 Å². The van der Waals surface area contributed by atoms with Crippen LogP contribution >= 0.6 is 0 Å². The lowest BCUT2D eigenvalue weighted by Crippen LogP contribution is -1.86. The Labute approximate surface area is 42.2 Å². The summed E-state index contributed by atoms with van der Waals surface area (Å²) in [6, 6.07) is 0. The van der Waals surface area contributed by atoms with Crippen molar-refractivity contribution in [1.29, 1.82) is 0 Å². The molecule has 0 aliphatic carbocycles. The first-order valence-corrected chi connectivity index (χ1v) is 3.52. The Bertz CT molecular complexity index is 153. The van der Waals surface area contributed by atoms with Crippen molar-refractivity contribution < 1.29 is 13.5 Å². The van der Waals surface area contributed by atoms with Crippen LogP contribution < -0.4 is 0 Å². The monoisotopic (exact) mass is 122 g/mol. The molecule has 0 bridgehead atoms. The highest BCUT2D eigenvalue weighted by Crippen LogP contribution is 1.80.